The van der Waals surface area contributed by atoms with Crippen molar-refractivity contribution < 1.29 is 18.0 Å². The molecule has 0 heterocycles. The number of urea groups is 1. The molecule has 21 heavy (non-hydrogen) atoms. The fraction of sp³-hybridized carbons (Fsp3) is 0.385. The van der Waals surface area contributed by atoms with E-state index in [9.17, 15) is 18.0 Å². The molecule has 0 aliphatic heterocycles. The minimum atomic E-state index is -4.42. The average Bonchev–Trinajstić information content (AvgIpc) is 2.37. The molecule has 2 amide bonds. The van der Waals surface area contributed by atoms with Gasteiger partial charge in [-0.1, -0.05) is 6.92 Å². The van der Waals surface area contributed by atoms with Crippen molar-refractivity contribution in [2.75, 3.05) is 5.32 Å². The van der Waals surface area contributed by atoms with Crippen molar-refractivity contribution in [3.05, 3.63) is 29.8 Å². The van der Waals surface area contributed by atoms with Gasteiger partial charge in [0.05, 0.1) is 11.1 Å². The van der Waals surface area contributed by atoms with E-state index in [1.807, 2.05) is 0 Å². The normalized spacial score (nSPS) is 14.1. The van der Waals surface area contributed by atoms with Gasteiger partial charge < -0.3 is 16.4 Å². The molecule has 1 aromatic carbocycles. The van der Waals surface area contributed by atoms with E-state index in [1.54, 1.807) is 13.8 Å². The van der Waals surface area contributed by atoms with Crippen molar-refractivity contribution in [3.8, 4) is 0 Å². The molecular weight excluding hydrogens is 285 g/mol. The van der Waals surface area contributed by atoms with Crippen molar-refractivity contribution in [2.45, 2.75) is 32.0 Å². The maximum absolute atomic E-state index is 12.4. The third-order valence-corrected chi connectivity index (χ3v) is 3.16. The third kappa shape index (κ3) is 4.37. The van der Waals surface area contributed by atoms with Crippen LogP contribution in [0, 0.1) is 5.41 Å². The Morgan fingerprint density at radius 3 is 2.19 bits per heavy atom. The molecule has 116 valence electrons. The lowest BCUT2D eigenvalue weighted by Crippen LogP contribution is -2.55. The van der Waals surface area contributed by atoms with Crippen LogP contribution in [0.2, 0.25) is 0 Å². The summed E-state index contributed by atoms with van der Waals surface area (Å²) in [5.41, 5.74) is 3.82. The molecule has 5 N–H and O–H groups in total. The van der Waals surface area contributed by atoms with Gasteiger partial charge >= 0.3 is 12.2 Å². The molecular formula is C13H17F3N4O. The monoisotopic (exact) mass is 302 g/mol. The van der Waals surface area contributed by atoms with Gasteiger partial charge in [-0.05, 0) is 37.6 Å². The van der Waals surface area contributed by atoms with E-state index in [4.69, 9.17) is 11.1 Å². The lowest BCUT2D eigenvalue weighted by molar-refractivity contribution is -0.137. The maximum Gasteiger partial charge on any atom is 0.416 e. The molecule has 0 radical (unpaired) electrons. The SMILES string of the molecule is CCC(C)(NC(=O)Nc1ccc(C(F)(F)F)cc1)C(=N)N. The number of carbonyl (C=O) groups is 1. The van der Waals surface area contributed by atoms with E-state index in [1.165, 1.54) is 0 Å². The molecule has 0 saturated carbocycles. The lowest BCUT2D eigenvalue weighted by Gasteiger charge is -2.28. The summed E-state index contributed by atoms with van der Waals surface area (Å²) in [5, 5.41) is 12.3. The molecule has 0 spiro atoms. The zero-order chi connectivity index (χ0) is 16.3. The number of hydrogen-bond acceptors (Lipinski definition) is 2. The topological polar surface area (TPSA) is 91.0 Å². The Balaban J connectivity index is 2.74. The van der Waals surface area contributed by atoms with Gasteiger partial charge in [0.2, 0.25) is 0 Å². The van der Waals surface area contributed by atoms with Crippen LogP contribution in [0.3, 0.4) is 0 Å². The van der Waals surface area contributed by atoms with Crippen molar-refractivity contribution >= 4 is 17.6 Å². The molecule has 5 nitrogen and oxygen atoms in total. The zero-order valence-electron chi connectivity index (χ0n) is 11.6. The molecule has 0 bridgehead atoms. The number of benzene rings is 1. The Kier molecular flexibility index (Phi) is 4.82. The van der Waals surface area contributed by atoms with E-state index < -0.39 is 23.3 Å². The van der Waals surface area contributed by atoms with Crippen molar-refractivity contribution in [3.63, 3.8) is 0 Å². The first-order valence-electron chi connectivity index (χ1n) is 6.19. The molecule has 0 aromatic heterocycles. The first-order chi connectivity index (χ1) is 9.58. The largest absolute Gasteiger partial charge is 0.416 e. The average molecular weight is 302 g/mol. The minimum absolute atomic E-state index is 0.201. The molecule has 1 aromatic rings. The highest BCUT2D eigenvalue weighted by Crippen LogP contribution is 2.29. The minimum Gasteiger partial charge on any atom is -0.386 e. The number of amides is 2. The second-order valence-corrected chi connectivity index (χ2v) is 4.75. The Morgan fingerprint density at radius 1 is 1.29 bits per heavy atom. The van der Waals surface area contributed by atoms with E-state index in [-0.39, 0.29) is 11.5 Å². The standard InChI is InChI=1S/C13H17F3N4O/c1-3-12(2,10(17)18)20-11(21)19-9-6-4-8(5-7-9)13(14,15)16/h4-7H,3H2,1-2H3,(H3,17,18)(H2,19,20,21). The fourth-order valence-corrected chi connectivity index (χ4v) is 1.50. The second kappa shape index (κ2) is 6.02. The first kappa shape index (κ1) is 16.8. The lowest BCUT2D eigenvalue weighted by atomic mass is 9.98. The van der Waals surface area contributed by atoms with Crippen LogP contribution in [0.25, 0.3) is 0 Å². The van der Waals surface area contributed by atoms with Gasteiger partial charge in [-0.2, -0.15) is 13.2 Å². The molecule has 8 heteroatoms. The Labute approximate surface area is 120 Å². The summed E-state index contributed by atoms with van der Waals surface area (Å²) in [7, 11) is 0. The summed E-state index contributed by atoms with van der Waals surface area (Å²) in [6.07, 6.45) is -4.01. The van der Waals surface area contributed by atoms with E-state index in [0.29, 0.717) is 6.42 Å². The van der Waals surface area contributed by atoms with Gasteiger partial charge in [0.1, 0.15) is 5.84 Å². The van der Waals surface area contributed by atoms with Gasteiger partial charge in [0.25, 0.3) is 0 Å². The molecule has 0 aliphatic rings. The number of rotatable bonds is 4. The fourth-order valence-electron chi connectivity index (χ4n) is 1.50. The highest BCUT2D eigenvalue weighted by molar-refractivity contribution is 5.96. The van der Waals surface area contributed by atoms with E-state index >= 15 is 0 Å². The van der Waals surface area contributed by atoms with Gasteiger partial charge in [0.15, 0.2) is 0 Å². The second-order valence-electron chi connectivity index (χ2n) is 4.75. The smallest absolute Gasteiger partial charge is 0.386 e. The molecule has 1 unspecified atom stereocenters. The Hall–Kier alpha value is -2.25. The predicted molar refractivity (Wildman–Crippen MR) is 74.2 cm³/mol. The molecule has 0 saturated heterocycles. The summed E-state index contributed by atoms with van der Waals surface area (Å²) < 4.78 is 37.2. The van der Waals surface area contributed by atoms with Crippen LogP contribution < -0.4 is 16.4 Å². The highest BCUT2D eigenvalue weighted by atomic mass is 19.4. The van der Waals surface area contributed by atoms with Crippen molar-refractivity contribution in [1.29, 1.82) is 5.41 Å². The molecule has 1 rings (SSSR count). The summed E-state index contributed by atoms with van der Waals surface area (Å²) in [4.78, 5) is 11.8. The van der Waals surface area contributed by atoms with Crippen LogP contribution in [-0.2, 0) is 6.18 Å². The first-order valence-corrected chi connectivity index (χ1v) is 6.19. The number of nitrogens with one attached hydrogen (secondary N) is 3. The predicted octanol–water partition coefficient (Wildman–Crippen LogP) is 2.93. The van der Waals surface area contributed by atoms with Crippen LogP contribution in [-0.4, -0.2) is 17.4 Å². The van der Waals surface area contributed by atoms with Gasteiger partial charge in [0, 0.05) is 5.69 Å². The summed E-state index contributed by atoms with van der Waals surface area (Å²) in [6, 6.07) is 3.41. The van der Waals surface area contributed by atoms with Crippen molar-refractivity contribution in [1.82, 2.24) is 5.32 Å². The van der Waals surface area contributed by atoms with Crippen molar-refractivity contribution in [2.24, 2.45) is 5.73 Å². The third-order valence-electron chi connectivity index (χ3n) is 3.16. The van der Waals surface area contributed by atoms with Crippen LogP contribution in [0.15, 0.2) is 24.3 Å². The summed E-state index contributed by atoms with van der Waals surface area (Å²) in [5.74, 6) is -0.201. The van der Waals surface area contributed by atoms with Crippen LogP contribution in [0.5, 0.6) is 0 Å². The van der Waals surface area contributed by atoms with E-state index in [0.717, 1.165) is 24.3 Å². The Bertz CT molecular complexity index is 527. The summed E-state index contributed by atoms with van der Waals surface area (Å²) in [6.45, 7) is 3.33. The quantitative estimate of drug-likeness (QED) is 0.509. The highest BCUT2D eigenvalue weighted by Gasteiger charge is 2.30. The zero-order valence-corrected chi connectivity index (χ0v) is 11.6. The van der Waals surface area contributed by atoms with Gasteiger partial charge in [-0.15, -0.1) is 0 Å². The summed E-state index contributed by atoms with van der Waals surface area (Å²) >= 11 is 0. The number of amidine groups is 1. The van der Waals surface area contributed by atoms with Crippen LogP contribution in [0.4, 0.5) is 23.7 Å². The van der Waals surface area contributed by atoms with Gasteiger partial charge in [-0.3, -0.25) is 5.41 Å². The molecule has 1 atom stereocenters. The maximum atomic E-state index is 12.4. The number of alkyl halides is 3. The number of anilines is 1. The number of nitrogens with two attached hydrogens (primary N) is 1. The number of carbonyl (C=O) groups excluding carboxylic acids is 1. The Morgan fingerprint density at radius 2 is 1.81 bits per heavy atom. The van der Waals surface area contributed by atoms with Crippen LogP contribution >= 0.6 is 0 Å². The van der Waals surface area contributed by atoms with E-state index in [2.05, 4.69) is 10.6 Å². The number of hydrogen-bond donors (Lipinski definition) is 4. The van der Waals surface area contributed by atoms with Gasteiger partial charge in [-0.25, -0.2) is 4.79 Å². The molecule has 0 aliphatic carbocycles. The molecule has 0 fully saturated rings. The van der Waals surface area contributed by atoms with Crippen LogP contribution in [0.1, 0.15) is 25.8 Å². The number of halogens is 3.